The van der Waals surface area contributed by atoms with Gasteiger partial charge in [0.2, 0.25) is 5.91 Å². The second kappa shape index (κ2) is 10.1. The molecule has 30 heavy (non-hydrogen) atoms. The van der Waals surface area contributed by atoms with Gasteiger partial charge in [0.1, 0.15) is 11.3 Å². The number of hydrogen-bond acceptors (Lipinski definition) is 4. The van der Waals surface area contributed by atoms with Crippen molar-refractivity contribution in [2.45, 2.75) is 27.2 Å². The molecule has 5 heteroatoms. The Morgan fingerprint density at radius 3 is 2.67 bits per heavy atom. The molecule has 2 aromatic carbocycles. The highest BCUT2D eigenvalue weighted by Gasteiger charge is 2.15. The van der Waals surface area contributed by atoms with E-state index < -0.39 is 0 Å². The molecule has 3 aromatic rings. The minimum Gasteiger partial charge on any atom is -0.493 e. The highest BCUT2D eigenvalue weighted by atomic mass is 16.5. The Morgan fingerprint density at radius 1 is 1.20 bits per heavy atom. The first kappa shape index (κ1) is 21.7. The molecule has 1 heterocycles. The fourth-order valence-corrected chi connectivity index (χ4v) is 3.35. The van der Waals surface area contributed by atoms with E-state index >= 15 is 0 Å². The van der Waals surface area contributed by atoms with Crippen LogP contribution in [-0.4, -0.2) is 32.8 Å². The molecule has 0 fully saturated rings. The summed E-state index contributed by atoms with van der Waals surface area (Å²) in [6.07, 6.45) is 4.17. The highest BCUT2D eigenvalue weighted by molar-refractivity contribution is 6.00. The van der Waals surface area contributed by atoms with Crippen LogP contribution < -0.4 is 10.1 Å². The minimum atomic E-state index is -0.128. The van der Waals surface area contributed by atoms with Crippen LogP contribution in [0.25, 0.3) is 27.7 Å². The molecule has 0 unspecified atom stereocenters. The van der Waals surface area contributed by atoms with Crippen LogP contribution in [0.5, 0.6) is 5.75 Å². The Bertz CT molecular complexity index is 1030. The molecule has 1 aromatic heterocycles. The van der Waals surface area contributed by atoms with Crippen molar-refractivity contribution in [2.75, 3.05) is 26.9 Å². The molecule has 0 saturated heterocycles. The van der Waals surface area contributed by atoms with Crippen LogP contribution in [0.3, 0.4) is 0 Å². The monoisotopic (exact) mass is 407 g/mol. The van der Waals surface area contributed by atoms with Gasteiger partial charge in [-0.15, -0.1) is 0 Å². The van der Waals surface area contributed by atoms with Crippen molar-refractivity contribution >= 4 is 22.4 Å². The van der Waals surface area contributed by atoms with Crippen LogP contribution in [0.1, 0.15) is 31.4 Å². The van der Waals surface area contributed by atoms with E-state index in [1.54, 1.807) is 19.4 Å². The van der Waals surface area contributed by atoms with Crippen molar-refractivity contribution in [3.8, 4) is 16.9 Å². The van der Waals surface area contributed by atoms with Crippen molar-refractivity contribution in [1.29, 1.82) is 0 Å². The fraction of sp³-hybridized carbons (Fsp3) is 0.320. The average molecular weight is 408 g/mol. The second-order valence-corrected chi connectivity index (χ2v) is 7.26. The van der Waals surface area contributed by atoms with Gasteiger partial charge in [0.15, 0.2) is 0 Å². The van der Waals surface area contributed by atoms with Crippen LogP contribution >= 0.6 is 0 Å². The number of methoxy groups -OCH3 is 1. The number of fused-ring (bicyclic) bond motifs is 1. The van der Waals surface area contributed by atoms with E-state index in [-0.39, 0.29) is 5.91 Å². The van der Waals surface area contributed by atoms with Crippen molar-refractivity contribution in [2.24, 2.45) is 0 Å². The van der Waals surface area contributed by atoms with Crippen LogP contribution in [-0.2, 0) is 9.53 Å². The number of carbonyl (C=O) groups is 1. The first-order valence-corrected chi connectivity index (χ1v) is 10.2. The predicted molar refractivity (Wildman–Crippen MR) is 121 cm³/mol. The van der Waals surface area contributed by atoms with Gasteiger partial charge in [-0.2, -0.15) is 0 Å². The number of allylic oxidation sites excluding steroid dienone is 1. The highest BCUT2D eigenvalue weighted by Crippen LogP contribution is 2.37. The van der Waals surface area contributed by atoms with Gasteiger partial charge in [-0.3, -0.25) is 4.79 Å². The molecule has 1 amide bonds. The summed E-state index contributed by atoms with van der Waals surface area (Å²) >= 11 is 0. The largest absolute Gasteiger partial charge is 0.493 e. The summed E-state index contributed by atoms with van der Waals surface area (Å²) in [4.78, 5) is 12.3. The maximum absolute atomic E-state index is 12.3. The molecule has 0 saturated carbocycles. The number of rotatable bonds is 9. The van der Waals surface area contributed by atoms with Gasteiger partial charge < -0.3 is 19.2 Å². The molecular formula is C25H29NO4. The third-order valence-electron chi connectivity index (χ3n) is 4.94. The zero-order valence-electron chi connectivity index (χ0n) is 18.1. The lowest BCUT2D eigenvalue weighted by Crippen LogP contribution is -2.23. The lowest BCUT2D eigenvalue weighted by molar-refractivity contribution is -0.116. The molecule has 0 atom stereocenters. The summed E-state index contributed by atoms with van der Waals surface area (Å²) < 4.78 is 16.7. The first-order valence-electron chi connectivity index (χ1n) is 10.2. The molecule has 0 radical (unpaired) electrons. The molecule has 3 rings (SSSR count). The smallest absolute Gasteiger partial charge is 0.244 e. The van der Waals surface area contributed by atoms with E-state index in [0.29, 0.717) is 25.5 Å². The molecule has 0 spiro atoms. The van der Waals surface area contributed by atoms with Gasteiger partial charge in [0.25, 0.3) is 0 Å². The van der Waals surface area contributed by atoms with Crippen molar-refractivity contribution in [3.05, 3.63) is 59.9 Å². The van der Waals surface area contributed by atoms with Crippen molar-refractivity contribution < 1.29 is 18.7 Å². The number of furan rings is 1. The summed E-state index contributed by atoms with van der Waals surface area (Å²) in [6.45, 7) is 7.65. The van der Waals surface area contributed by atoms with Gasteiger partial charge in [-0.05, 0) is 44.4 Å². The number of benzene rings is 2. The van der Waals surface area contributed by atoms with Gasteiger partial charge >= 0.3 is 0 Å². The van der Waals surface area contributed by atoms with Crippen molar-refractivity contribution in [3.63, 3.8) is 0 Å². The minimum absolute atomic E-state index is 0.128. The summed E-state index contributed by atoms with van der Waals surface area (Å²) in [7, 11) is 1.65. The molecule has 0 aliphatic carbocycles. The van der Waals surface area contributed by atoms with E-state index in [9.17, 15) is 4.79 Å². The number of nitrogens with one attached hydrogen (secondary N) is 1. The maximum Gasteiger partial charge on any atom is 0.244 e. The normalized spacial score (nSPS) is 11.7. The molecular weight excluding hydrogens is 378 g/mol. The lowest BCUT2D eigenvalue weighted by Gasteiger charge is -2.12. The van der Waals surface area contributed by atoms with E-state index in [0.717, 1.165) is 39.7 Å². The number of amides is 1. The SMILES string of the molecule is CCOc1cc2occ(-c3ccc(C)cc3)c2cc1/C(C)=C/C(=O)NCCCOC. The molecule has 158 valence electrons. The summed E-state index contributed by atoms with van der Waals surface area (Å²) in [5, 5.41) is 3.88. The Morgan fingerprint density at radius 2 is 1.97 bits per heavy atom. The van der Waals surface area contributed by atoms with Crippen molar-refractivity contribution in [1.82, 2.24) is 5.32 Å². The third-order valence-corrected chi connectivity index (χ3v) is 4.94. The van der Waals surface area contributed by atoms with Gasteiger partial charge in [0, 0.05) is 48.9 Å². The van der Waals surface area contributed by atoms with Gasteiger partial charge in [-0.1, -0.05) is 29.8 Å². The van der Waals surface area contributed by atoms with Gasteiger partial charge in [0.05, 0.1) is 12.9 Å². The molecule has 0 bridgehead atoms. The van der Waals surface area contributed by atoms with Crippen LogP contribution in [0.2, 0.25) is 0 Å². The van der Waals surface area contributed by atoms with E-state index in [1.807, 2.05) is 26.0 Å². The Hall–Kier alpha value is -3.05. The van der Waals surface area contributed by atoms with E-state index in [1.165, 1.54) is 5.56 Å². The van der Waals surface area contributed by atoms with Crippen LogP contribution in [0.15, 0.2) is 53.2 Å². The number of carbonyl (C=O) groups excluding carboxylic acids is 1. The summed E-state index contributed by atoms with van der Waals surface area (Å²) in [6, 6.07) is 12.3. The standard InChI is InChI=1S/C25H29NO4/c1-5-29-23-15-24-21(22(16-30-24)19-9-7-17(2)8-10-19)14-20(23)18(3)13-25(27)26-11-6-12-28-4/h7-10,13-16H,5-6,11-12H2,1-4H3,(H,26,27)/b18-13+. The quantitative estimate of drug-likeness (QED) is 0.383. The first-order chi connectivity index (χ1) is 14.5. The number of hydrogen-bond donors (Lipinski definition) is 1. The Kier molecular flexibility index (Phi) is 7.31. The third kappa shape index (κ3) is 5.10. The summed E-state index contributed by atoms with van der Waals surface area (Å²) in [5.74, 6) is 0.577. The van der Waals surface area contributed by atoms with Crippen LogP contribution in [0, 0.1) is 6.92 Å². The zero-order valence-corrected chi connectivity index (χ0v) is 18.1. The maximum atomic E-state index is 12.3. The fourth-order valence-electron chi connectivity index (χ4n) is 3.35. The number of ether oxygens (including phenoxy) is 2. The zero-order chi connectivity index (χ0) is 21.5. The topological polar surface area (TPSA) is 60.7 Å². The number of aryl methyl sites for hydroxylation is 1. The van der Waals surface area contributed by atoms with Crippen LogP contribution in [0.4, 0.5) is 0 Å². The van der Waals surface area contributed by atoms with E-state index in [2.05, 4.69) is 36.5 Å². The molecule has 5 nitrogen and oxygen atoms in total. The molecule has 0 aliphatic rings. The average Bonchev–Trinajstić information content (AvgIpc) is 3.14. The Balaban J connectivity index is 1.96. The summed E-state index contributed by atoms with van der Waals surface area (Å²) in [5.41, 5.74) is 5.79. The molecule has 1 N–H and O–H groups in total. The molecule has 0 aliphatic heterocycles. The van der Waals surface area contributed by atoms with E-state index in [4.69, 9.17) is 13.9 Å². The van der Waals surface area contributed by atoms with Gasteiger partial charge in [-0.25, -0.2) is 0 Å². The second-order valence-electron chi connectivity index (χ2n) is 7.26. The Labute approximate surface area is 177 Å². The predicted octanol–water partition coefficient (Wildman–Crippen LogP) is 5.36. The lowest BCUT2D eigenvalue weighted by atomic mass is 9.99.